The molecule has 5 nitrogen and oxygen atoms in total. The Morgan fingerprint density at radius 3 is 2.16 bits per heavy atom. The molecule has 0 aliphatic carbocycles. The molecule has 19 heavy (non-hydrogen) atoms. The van der Waals surface area contributed by atoms with Gasteiger partial charge < -0.3 is 14.2 Å². The fourth-order valence-corrected chi connectivity index (χ4v) is 1.11. The van der Waals surface area contributed by atoms with Crippen LogP contribution in [0.3, 0.4) is 0 Å². The maximum atomic E-state index is 11.8. The molecule has 0 aliphatic rings. The minimum atomic E-state index is -1.40. The van der Waals surface area contributed by atoms with Gasteiger partial charge in [0.15, 0.2) is 0 Å². The van der Waals surface area contributed by atoms with Crippen molar-refractivity contribution in [3.63, 3.8) is 0 Å². The van der Waals surface area contributed by atoms with Crippen LogP contribution in [0, 0.1) is 5.41 Å². The normalized spacial score (nSPS) is 12.4. The molecule has 0 aromatic heterocycles. The first kappa shape index (κ1) is 15.0. The van der Waals surface area contributed by atoms with Crippen LogP contribution in [0.15, 0.2) is 30.3 Å². The number of rotatable bonds is 4. The van der Waals surface area contributed by atoms with Crippen molar-refractivity contribution >= 4 is 11.9 Å². The van der Waals surface area contributed by atoms with Gasteiger partial charge in [-0.05, 0) is 32.9 Å². The average Bonchev–Trinajstić information content (AvgIpc) is 2.37. The predicted molar refractivity (Wildman–Crippen MR) is 68.4 cm³/mol. The van der Waals surface area contributed by atoms with Crippen molar-refractivity contribution in [2.75, 3.05) is 7.11 Å². The van der Waals surface area contributed by atoms with Crippen LogP contribution in [-0.4, -0.2) is 25.3 Å². The Hall–Kier alpha value is -2.04. The molecule has 0 aliphatic heterocycles. The van der Waals surface area contributed by atoms with Crippen molar-refractivity contribution in [3.8, 4) is 5.75 Å². The maximum absolute atomic E-state index is 11.8. The van der Waals surface area contributed by atoms with E-state index in [0.717, 1.165) is 0 Å². The van der Waals surface area contributed by atoms with Crippen LogP contribution < -0.4 is 4.74 Å². The van der Waals surface area contributed by atoms with Crippen LogP contribution in [0.2, 0.25) is 0 Å². The van der Waals surface area contributed by atoms with Crippen molar-refractivity contribution in [1.29, 1.82) is 0 Å². The van der Waals surface area contributed by atoms with E-state index in [4.69, 9.17) is 9.47 Å². The second-order valence-electron chi connectivity index (χ2n) is 4.94. The van der Waals surface area contributed by atoms with Gasteiger partial charge in [-0.25, -0.2) is 4.79 Å². The highest BCUT2D eigenvalue weighted by Gasteiger charge is 2.31. The monoisotopic (exact) mass is 266 g/mol. The fourth-order valence-electron chi connectivity index (χ4n) is 1.11. The van der Waals surface area contributed by atoms with E-state index < -0.39 is 23.6 Å². The molecule has 0 N–H and O–H groups in total. The van der Waals surface area contributed by atoms with Gasteiger partial charge in [-0.1, -0.05) is 18.2 Å². The number of hydrogen-bond acceptors (Lipinski definition) is 5. The van der Waals surface area contributed by atoms with E-state index in [1.54, 1.807) is 51.1 Å². The molecule has 1 unspecified atom stereocenters. The summed E-state index contributed by atoms with van der Waals surface area (Å²) in [4.78, 5) is 23.3. The first-order chi connectivity index (χ1) is 8.84. The average molecular weight is 266 g/mol. The van der Waals surface area contributed by atoms with Crippen LogP contribution in [0.4, 0.5) is 0 Å². The molecule has 0 saturated heterocycles. The zero-order chi connectivity index (χ0) is 14.5. The molecule has 0 fully saturated rings. The molecule has 5 heteroatoms. The number of ether oxygens (including phenoxy) is 3. The molecule has 1 aromatic carbocycles. The molecular weight excluding hydrogens is 248 g/mol. The zero-order valence-electron chi connectivity index (χ0n) is 11.5. The van der Waals surface area contributed by atoms with Crippen LogP contribution >= 0.6 is 0 Å². The third kappa shape index (κ3) is 4.62. The molecule has 1 atom stereocenters. The van der Waals surface area contributed by atoms with Gasteiger partial charge in [-0.3, -0.25) is 4.79 Å². The third-order valence-corrected chi connectivity index (χ3v) is 2.21. The van der Waals surface area contributed by atoms with Crippen LogP contribution in [-0.2, 0) is 19.1 Å². The highest BCUT2D eigenvalue weighted by molar-refractivity contribution is 5.81. The Balaban J connectivity index is 2.79. The minimum Gasteiger partial charge on any atom is -0.463 e. The molecular formula is C14H18O5. The summed E-state index contributed by atoms with van der Waals surface area (Å²) in [7, 11) is 1.20. The van der Waals surface area contributed by atoms with Crippen molar-refractivity contribution in [2.24, 2.45) is 5.41 Å². The van der Waals surface area contributed by atoms with E-state index in [-0.39, 0.29) is 0 Å². The van der Waals surface area contributed by atoms with Crippen molar-refractivity contribution in [3.05, 3.63) is 30.3 Å². The van der Waals surface area contributed by atoms with Crippen LogP contribution in [0.1, 0.15) is 20.8 Å². The SMILES string of the molecule is COC(=O)C(OC(=O)C(C)(C)C)Oc1ccccc1. The number of esters is 2. The number of para-hydroxylation sites is 1. The quantitative estimate of drug-likeness (QED) is 0.617. The lowest BCUT2D eigenvalue weighted by Crippen LogP contribution is -2.37. The summed E-state index contributed by atoms with van der Waals surface area (Å²) in [5.41, 5.74) is -0.730. The van der Waals surface area contributed by atoms with Gasteiger partial charge in [0.25, 0.3) is 0 Å². The van der Waals surface area contributed by atoms with Crippen molar-refractivity contribution < 1.29 is 23.8 Å². The minimum absolute atomic E-state index is 0.416. The molecule has 0 spiro atoms. The van der Waals surface area contributed by atoms with Crippen molar-refractivity contribution in [1.82, 2.24) is 0 Å². The summed E-state index contributed by atoms with van der Waals surface area (Å²) in [6.45, 7) is 5.06. The Morgan fingerprint density at radius 2 is 1.68 bits per heavy atom. The first-order valence-electron chi connectivity index (χ1n) is 5.85. The summed E-state index contributed by atoms with van der Waals surface area (Å²) < 4.78 is 14.9. The predicted octanol–water partition coefficient (Wildman–Crippen LogP) is 2.15. The Bertz CT molecular complexity index is 433. The highest BCUT2D eigenvalue weighted by atomic mass is 16.7. The van der Waals surface area contributed by atoms with E-state index in [0.29, 0.717) is 5.75 Å². The Morgan fingerprint density at radius 1 is 1.11 bits per heavy atom. The lowest BCUT2D eigenvalue weighted by Gasteiger charge is -2.22. The molecule has 1 rings (SSSR count). The lowest BCUT2D eigenvalue weighted by atomic mass is 9.97. The highest BCUT2D eigenvalue weighted by Crippen LogP contribution is 2.19. The summed E-state index contributed by atoms with van der Waals surface area (Å²) in [5.74, 6) is -0.889. The topological polar surface area (TPSA) is 61.8 Å². The standard InChI is InChI=1S/C14H18O5/c1-14(2,3)13(16)19-12(11(15)17-4)18-10-8-6-5-7-9-10/h5-9,12H,1-4H3. The summed E-state index contributed by atoms with van der Waals surface area (Å²) >= 11 is 0. The Kier molecular flexibility index (Phi) is 4.92. The largest absolute Gasteiger partial charge is 0.463 e. The molecule has 0 heterocycles. The smallest absolute Gasteiger partial charge is 0.389 e. The summed E-state index contributed by atoms with van der Waals surface area (Å²) in [5, 5.41) is 0. The second-order valence-corrected chi connectivity index (χ2v) is 4.94. The number of carbonyl (C=O) groups is 2. The molecule has 0 saturated carbocycles. The molecule has 0 bridgehead atoms. The lowest BCUT2D eigenvalue weighted by molar-refractivity contribution is -0.190. The van der Waals surface area contributed by atoms with E-state index in [1.807, 2.05) is 0 Å². The van der Waals surface area contributed by atoms with E-state index in [1.165, 1.54) is 7.11 Å². The van der Waals surface area contributed by atoms with E-state index in [9.17, 15) is 9.59 Å². The van der Waals surface area contributed by atoms with Crippen molar-refractivity contribution in [2.45, 2.75) is 27.1 Å². The van der Waals surface area contributed by atoms with Gasteiger partial charge in [0.05, 0.1) is 12.5 Å². The van der Waals surface area contributed by atoms with Gasteiger partial charge in [0.1, 0.15) is 5.75 Å². The van der Waals surface area contributed by atoms with Gasteiger partial charge >= 0.3 is 18.2 Å². The summed E-state index contributed by atoms with van der Waals surface area (Å²) in [6.07, 6.45) is -1.40. The number of carbonyl (C=O) groups excluding carboxylic acids is 2. The summed E-state index contributed by atoms with van der Waals surface area (Å²) in [6, 6.07) is 8.60. The molecule has 1 aromatic rings. The molecule has 0 radical (unpaired) electrons. The maximum Gasteiger partial charge on any atom is 0.389 e. The van der Waals surface area contributed by atoms with E-state index in [2.05, 4.69) is 4.74 Å². The second kappa shape index (κ2) is 6.22. The third-order valence-electron chi connectivity index (χ3n) is 2.21. The molecule has 104 valence electrons. The van der Waals surface area contributed by atoms with Crippen LogP contribution in [0.25, 0.3) is 0 Å². The number of benzene rings is 1. The first-order valence-corrected chi connectivity index (χ1v) is 5.85. The van der Waals surface area contributed by atoms with E-state index >= 15 is 0 Å². The number of hydrogen-bond donors (Lipinski definition) is 0. The van der Waals surface area contributed by atoms with Gasteiger partial charge in [-0.2, -0.15) is 0 Å². The fraction of sp³-hybridized carbons (Fsp3) is 0.429. The van der Waals surface area contributed by atoms with Gasteiger partial charge in [0.2, 0.25) is 0 Å². The Labute approximate surface area is 112 Å². The van der Waals surface area contributed by atoms with Gasteiger partial charge in [-0.15, -0.1) is 0 Å². The zero-order valence-corrected chi connectivity index (χ0v) is 11.5. The van der Waals surface area contributed by atoms with Crippen LogP contribution in [0.5, 0.6) is 5.75 Å². The molecule has 0 amide bonds. The van der Waals surface area contributed by atoms with Gasteiger partial charge in [0, 0.05) is 0 Å². The number of methoxy groups -OCH3 is 1.